The first-order chi connectivity index (χ1) is 21.2. The number of anilines is 2. The lowest BCUT2D eigenvalue weighted by atomic mass is 9.97. The van der Waals surface area contributed by atoms with Gasteiger partial charge in [-0.25, -0.2) is 14.6 Å². The van der Waals surface area contributed by atoms with E-state index in [4.69, 9.17) is 14.5 Å². The monoisotopic (exact) mass is 629 g/mol. The first-order valence-electron chi connectivity index (χ1n) is 15.5. The van der Waals surface area contributed by atoms with Gasteiger partial charge in [-0.3, -0.25) is 0 Å². The van der Waals surface area contributed by atoms with Crippen molar-refractivity contribution < 1.29 is 32.2 Å². The topological polar surface area (TPSA) is 87.2 Å². The molecule has 5 rings (SSSR count). The number of ether oxygens (including phenoxy) is 2. The summed E-state index contributed by atoms with van der Waals surface area (Å²) < 4.78 is 49.8. The minimum atomic E-state index is -4.24. The molecule has 0 saturated carbocycles. The number of aromatic nitrogens is 1. The summed E-state index contributed by atoms with van der Waals surface area (Å²) in [6, 6.07) is 9.23. The molecule has 0 spiro atoms. The van der Waals surface area contributed by atoms with Crippen molar-refractivity contribution in [3.63, 3.8) is 0 Å². The Bertz CT molecular complexity index is 1430. The number of nitrogens with zero attached hydrogens (tertiary/aromatic N) is 4. The lowest BCUT2D eigenvalue weighted by molar-refractivity contribution is -0.143. The van der Waals surface area contributed by atoms with Gasteiger partial charge in [0.15, 0.2) is 0 Å². The van der Waals surface area contributed by atoms with Crippen LogP contribution in [-0.4, -0.2) is 91.2 Å². The molecule has 1 atom stereocenters. The smallest absolute Gasteiger partial charge is 0.410 e. The normalized spacial score (nSPS) is 19.4. The van der Waals surface area contributed by atoms with Crippen molar-refractivity contribution in [1.29, 1.82) is 0 Å². The minimum Gasteiger partial charge on any atom is -0.444 e. The fourth-order valence-electron chi connectivity index (χ4n) is 5.93. The molecular formula is C33H42F3N5O4. The van der Waals surface area contributed by atoms with E-state index >= 15 is 0 Å². The van der Waals surface area contributed by atoms with Crippen LogP contribution in [0, 0.1) is 12.8 Å². The number of carbonyl (C=O) groups excluding carboxylic acids is 2. The highest BCUT2D eigenvalue weighted by molar-refractivity contribution is 5.91. The molecule has 4 heterocycles. The van der Waals surface area contributed by atoms with Gasteiger partial charge in [0, 0.05) is 44.8 Å². The van der Waals surface area contributed by atoms with Crippen molar-refractivity contribution in [2.45, 2.75) is 58.7 Å². The molecule has 1 N–H and O–H groups in total. The third-order valence-electron chi connectivity index (χ3n) is 8.17. The Morgan fingerprint density at radius 2 is 1.80 bits per heavy atom. The van der Waals surface area contributed by atoms with Crippen LogP contribution in [0.5, 0.6) is 0 Å². The van der Waals surface area contributed by atoms with Gasteiger partial charge in [-0.15, -0.1) is 0 Å². The van der Waals surface area contributed by atoms with Gasteiger partial charge < -0.3 is 29.5 Å². The second kappa shape index (κ2) is 13.3. The average Bonchev–Trinajstić information content (AvgIpc) is 3.45. The molecule has 3 aliphatic heterocycles. The Morgan fingerprint density at radius 3 is 2.51 bits per heavy atom. The number of rotatable bonds is 5. The Morgan fingerprint density at radius 1 is 1.04 bits per heavy atom. The predicted octanol–water partition coefficient (Wildman–Crippen LogP) is 6.72. The van der Waals surface area contributed by atoms with E-state index in [1.807, 2.05) is 52.0 Å². The van der Waals surface area contributed by atoms with Crippen LogP contribution >= 0.6 is 0 Å². The van der Waals surface area contributed by atoms with Crippen molar-refractivity contribution in [2.24, 2.45) is 5.92 Å². The number of carbonyl (C=O) groups is 2. The molecule has 1 aromatic carbocycles. The van der Waals surface area contributed by atoms with Crippen LogP contribution in [0.4, 0.5) is 34.3 Å². The van der Waals surface area contributed by atoms with Crippen LogP contribution in [-0.2, 0) is 9.47 Å². The van der Waals surface area contributed by atoms with Crippen molar-refractivity contribution in [3.05, 3.63) is 47.7 Å². The number of urea groups is 1. The van der Waals surface area contributed by atoms with Gasteiger partial charge in [0.1, 0.15) is 11.4 Å². The summed E-state index contributed by atoms with van der Waals surface area (Å²) in [5, 5.41) is 2.89. The van der Waals surface area contributed by atoms with Crippen molar-refractivity contribution in [1.82, 2.24) is 14.8 Å². The standard InChI is InChI=1S/C33H42F3N5O4/c1-22-7-8-26(37-30(42)40-11-9-23(20-40)19-33(34,35)36)18-27(22)25-16-28(38-29(17-25)39-12-14-44-15-13-39)24-6-5-10-41(21-24)31(43)45-32(2,3)4/h6-8,16-18,23H,5,9-15,19-21H2,1-4H3,(H,37,42)/t23-/m0/s1. The number of hydrogen-bond donors (Lipinski definition) is 1. The summed E-state index contributed by atoms with van der Waals surface area (Å²) in [4.78, 5) is 36.2. The summed E-state index contributed by atoms with van der Waals surface area (Å²) in [7, 11) is 0. The lowest BCUT2D eigenvalue weighted by Gasteiger charge is -2.31. The molecule has 244 valence electrons. The summed E-state index contributed by atoms with van der Waals surface area (Å²) in [6.07, 6.45) is -2.37. The fraction of sp³-hybridized carbons (Fsp3) is 0.545. The van der Waals surface area contributed by atoms with E-state index in [-0.39, 0.29) is 19.2 Å². The van der Waals surface area contributed by atoms with Gasteiger partial charge in [-0.2, -0.15) is 13.2 Å². The number of nitrogens with one attached hydrogen (secondary N) is 1. The van der Waals surface area contributed by atoms with Crippen LogP contribution in [0.1, 0.15) is 51.3 Å². The maximum Gasteiger partial charge on any atom is 0.410 e. The molecule has 0 radical (unpaired) electrons. The number of likely N-dealkylation sites (tertiary alicyclic amines) is 1. The van der Waals surface area contributed by atoms with Crippen molar-refractivity contribution in [3.8, 4) is 11.1 Å². The van der Waals surface area contributed by atoms with Gasteiger partial charge in [0.25, 0.3) is 0 Å². The molecular weight excluding hydrogens is 587 g/mol. The largest absolute Gasteiger partial charge is 0.444 e. The quantitative estimate of drug-likeness (QED) is 0.395. The second-order valence-electron chi connectivity index (χ2n) is 13.0. The van der Waals surface area contributed by atoms with Gasteiger partial charge in [0.2, 0.25) is 0 Å². The maximum absolute atomic E-state index is 13.0. The summed E-state index contributed by atoms with van der Waals surface area (Å²) in [5.41, 5.74) is 4.41. The Kier molecular flexibility index (Phi) is 9.62. The fourth-order valence-corrected chi connectivity index (χ4v) is 5.93. The summed E-state index contributed by atoms with van der Waals surface area (Å²) >= 11 is 0. The Balaban J connectivity index is 1.40. The maximum atomic E-state index is 13.0. The van der Waals surface area contributed by atoms with Gasteiger partial charge in [-0.05, 0) is 93.0 Å². The molecule has 45 heavy (non-hydrogen) atoms. The van der Waals surface area contributed by atoms with Crippen LogP contribution in [0.15, 0.2) is 36.4 Å². The van der Waals surface area contributed by atoms with E-state index < -0.39 is 30.1 Å². The van der Waals surface area contributed by atoms with Crippen molar-refractivity contribution in [2.75, 3.05) is 62.7 Å². The number of halogens is 3. The Labute approximate surface area is 262 Å². The Hall–Kier alpha value is -3.80. The first-order valence-corrected chi connectivity index (χ1v) is 15.5. The van der Waals surface area contributed by atoms with Gasteiger partial charge in [0.05, 0.1) is 25.5 Å². The average molecular weight is 630 g/mol. The zero-order chi connectivity index (χ0) is 32.4. The zero-order valence-electron chi connectivity index (χ0n) is 26.4. The number of amides is 3. The lowest BCUT2D eigenvalue weighted by Crippen LogP contribution is -2.40. The molecule has 2 fully saturated rings. The van der Waals surface area contributed by atoms with Crippen LogP contribution < -0.4 is 10.2 Å². The van der Waals surface area contributed by atoms with Crippen LogP contribution in [0.2, 0.25) is 0 Å². The van der Waals surface area contributed by atoms with E-state index in [2.05, 4.69) is 16.3 Å². The van der Waals surface area contributed by atoms with E-state index in [0.29, 0.717) is 57.9 Å². The number of morpholine rings is 1. The second-order valence-corrected chi connectivity index (χ2v) is 13.0. The number of benzene rings is 1. The highest BCUT2D eigenvalue weighted by Crippen LogP contribution is 2.34. The number of aryl methyl sites for hydroxylation is 1. The molecule has 0 aliphatic carbocycles. The predicted molar refractivity (Wildman–Crippen MR) is 167 cm³/mol. The van der Waals surface area contributed by atoms with Gasteiger partial charge >= 0.3 is 18.3 Å². The zero-order valence-corrected chi connectivity index (χ0v) is 26.4. The molecule has 2 aromatic rings. The SMILES string of the molecule is Cc1ccc(NC(=O)N2CC[C@@H](CC(F)(F)F)C2)cc1-c1cc(C2=CCCN(C(=O)OC(C)(C)C)C2)nc(N2CCOCC2)c1. The van der Waals surface area contributed by atoms with E-state index in [9.17, 15) is 22.8 Å². The highest BCUT2D eigenvalue weighted by atomic mass is 19.4. The molecule has 9 nitrogen and oxygen atoms in total. The summed E-state index contributed by atoms with van der Waals surface area (Å²) in [5.74, 6) is 0.209. The van der Waals surface area contributed by atoms with E-state index in [0.717, 1.165) is 33.8 Å². The molecule has 0 bridgehead atoms. The molecule has 3 amide bonds. The first kappa shape index (κ1) is 32.6. The summed E-state index contributed by atoms with van der Waals surface area (Å²) in [6.45, 7) is 11.4. The van der Waals surface area contributed by atoms with Crippen LogP contribution in [0.3, 0.4) is 0 Å². The molecule has 3 aliphatic rings. The minimum absolute atomic E-state index is 0.0795. The van der Waals surface area contributed by atoms with Crippen molar-refractivity contribution >= 4 is 29.2 Å². The van der Waals surface area contributed by atoms with Crippen LogP contribution in [0.25, 0.3) is 16.7 Å². The van der Waals surface area contributed by atoms with Gasteiger partial charge in [-0.1, -0.05) is 12.1 Å². The third-order valence-corrected chi connectivity index (χ3v) is 8.17. The molecule has 1 aromatic heterocycles. The number of hydrogen-bond acceptors (Lipinski definition) is 6. The molecule has 0 unspecified atom stereocenters. The van der Waals surface area contributed by atoms with E-state index in [1.165, 1.54) is 4.90 Å². The third kappa shape index (κ3) is 8.68. The molecule has 2 saturated heterocycles. The van der Waals surface area contributed by atoms with E-state index in [1.54, 1.807) is 11.0 Å². The highest BCUT2D eigenvalue weighted by Gasteiger charge is 2.36. The molecule has 12 heteroatoms. The number of pyridine rings is 1. The number of alkyl halides is 3.